The van der Waals surface area contributed by atoms with Crippen LogP contribution in [0.25, 0.3) is 5.69 Å². The third-order valence-corrected chi connectivity index (χ3v) is 6.90. The van der Waals surface area contributed by atoms with Gasteiger partial charge in [-0.2, -0.15) is 5.10 Å². The smallest absolute Gasteiger partial charge is 0.332 e. The second-order valence-electron chi connectivity index (χ2n) is 8.50. The van der Waals surface area contributed by atoms with E-state index in [2.05, 4.69) is 4.90 Å². The van der Waals surface area contributed by atoms with E-state index in [0.29, 0.717) is 0 Å². The Balaban J connectivity index is 1.73. The van der Waals surface area contributed by atoms with Crippen LogP contribution in [0, 0.1) is 12.3 Å². The summed E-state index contributed by atoms with van der Waals surface area (Å²) in [6, 6.07) is 9.06. The van der Waals surface area contributed by atoms with Crippen LogP contribution in [0.1, 0.15) is 30.5 Å². The van der Waals surface area contributed by atoms with Crippen LogP contribution in [-0.4, -0.2) is 64.1 Å². The Hall–Kier alpha value is -3.16. The van der Waals surface area contributed by atoms with Gasteiger partial charge in [0.15, 0.2) is 5.41 Å². The van der Waals surface area contributed by atoms with E-state index in [1.54, 1.807) is 0 Å². The highest BCUT2D eigenvalue weighted by molar-refractivity contribution is 6.20. The molecule has 156 valence electrons. The lowest BCUT2D eigenvalue weighted by Gasteiger charge is -2.53. The number of aryl methyl sites for hydroxylation is 1. The molecule has 0 saturated carbocycles. The monoisotopic (exact) mass is 407 g/mol. The number of aromatic nitrogens is 2. The fourth-order valence-electron chi connectivity index (χ4n) is 5.42. The average molecular weight is 407 g/mol. The number of carbonyl (C=O) groups is 3. The van der Waals surface area contributed by atoms with Crippen molar-refractivity contribution in [3.8, 4) is 5.69 Å². The maximum atomic E-state index is 13.5. The second kappa shape index (κ2) is 6.42. The van der Waals surface area contributed by atoms with E-state index < -0.39 is 23.3 Å². The molecule has 0 aliphatic carbocycles. The summed E-state index contributed by atoms with van der Waals surface area (Å²) in [7, 11) is 2.94. The Kier molecular flexibility index (Phi) is 4.03. The lowest BCUT2D eigenvalue weighted by Crippen LogP contribution is -2.72. The van der Waals surface area contributed by atoms with E-state index in [0.717, 1.165) is 58.4 Å². The van der Waals surface area contributed by atoms with Gasteiger partial charge < -0.3 is 4.90 Å². The van der Waals surface area contributed by atoms with Crippen LogP contribution < -0.4 is 4.90 Å². The zero-order valence-electron chi connectivity index (χ0n) is 17.5. The van der Waals surface area contributed by atoms with E-state index in [1.165, 1.54) is 14.1 Å². The van der Waals surface area contributed by atoms with E-state index >= 15 is 0 Å². The van der Waals surface area contributed by atoms with Crippen molar-refractivity contribution in [1.82, 2.24) is 19.6 Å². The first-order valence-corrected chi connectivity index (χ1v) is 10.4. The molecule has 0 unspecified atom stereocenters. The van der Waals surface area contributed by atoms with Gasteiger partial charge in [-0.05, 0) is 38.3 Å². The molecule has 1 spiro atoms. The van der Waals surface area contributed by atoms with Gasteiger partial charge in [-0.15, -0.1) is 0 Å². The lowest BCUT2D eigenvalue weighted by atomic mass is 9.66. The van der Waals surface area contributed by atoms with Gasteiger partial charge in [-0.3, -0.25) is 19.4 Å². The number of anilines is 1. The number of barbiturate groups is 1. The van der Waals surface area contributed by atoms with Crippen molar-refractivity contribution in [2.45, 2.75) is 38.6 Å². The van der Waals surface area contributed by atoms with E-state index in [9.17, 15) is 14.4 Å². The molecule has 0 radical (unpaired) electrons. The number of urea groups is 1. The highest BCUT2D eigenvalue weighted by Crippen LogP contribution is 2.49. The Morgan fingerprint density at radius 1 is 1.00 bits per heavy atom. The first-order chi connectivity index (χ1) is 14.4. The molecule has 2 aromatic rings. The number of rotatable bonds is 1. The summed E-state index contributed by atoms with van der Waals surface area (Å²) in [6.45, 7) is 2.67. The summed E-state index contributed by atoms with van der Waals surface area (Å²) >= 11 is 0. The van der Waals surface area contributed by atoms with Crippen molar-refractivity contribution in [3.63, 3.8) is 0 Å². The summed E-state index contributed by atoms with van der Waals surface area (Å²) < 4.78 is 1.94. The maximum Gasteiger partial charge on any atom is 0.332 e. The van der Waals surface area contributed by atoms with Crippen LogP contribution in [0.5, 0.6) is 0 Å². The summed E-state index contributed by atoms with van der Waals surface area (Å²) in [4.78, 5) is 43.9. The van der Waals surface area contributed by atoms with Gasteiger partial charge in [0.1, 0.15) is 5.82 Å². The highest BCUT2D eigenvalue weighted by Gasteiger charge is 2.64. The van der Waals surface area contributed by atoms with Crippen molar-refractivity contribution in [3.05, 3.63) is 41.6 Å². The third kappa shape index (κ3) is 2.27. The SMILES string of the molecule is Cc1nn(-c2ccccc2)c2c1CC1(C(=O)N(C)C(=O)N(C)C1=O)[C@@H]1CCCCN21. The molecule has 4 amide bonds. The molecule has 5 rings (SSSR count). The highest BCUT2D eigenvalue weighted by atomic mass is 16.2. The van der Waals surface area contributed by atoms with Crippen molar-refractivity contribution in [1.29, 1.82) is 0 Å². The molecule has 8 heteroatoms. The van der Waals surface area contributed by atoms with Crippen molar-refractivity contribution in [2.75, 3.05) is 25.5 Å². The normalized spacial score (nSPS) is 23.1. The van der Waals surface area contributed by atoms with Gasteiger partial charge in [0.2, 0.25) is 11.8 Å². The van der Waals surface area contributed by atoms with Gasteiger partial charge >= 0.3 is 6.03 Å². The fraction of sp³-hybridized carbons (Fsp3) is 0.455. The summed E-state index contributed by atoms with van der Waals surface area (Å²) in [5.74, 6) is 0.173. The zero-order chi connectivity index (χ0) is 21.2. The second-order valence-corrected chi connectivity index (χ2v) is 8.50. The number of hydrogen-bond donors (Lipinski definition) is 0. The number of benzene rings is 1. The van der Waals surface area contributed by atoms with Crippen molar-refractivity contribution in [2.24, 2.45) is 5.41 Å². The number of imide groups is 2. The number of carbonyl (C=O) groups excluding carboxylic acids is 3. The molecule has 3 aliphatic rings. The van der Waals surface area contributed by atoms with Crippen LogP contribution in [0.4, 0.5) is 10.6 Å². The number of fused-ring (bicyclic) bond motifs is 4. The minimum Gasteiger partial charge on any atom is -0.352 e. The molecular formula is C22H25N5O3. The van der Waals surface area contributed by atoms with Gasteiger partial charge in [0, 0.05) is 32.6 Å². The predicted octanol–water partition coefficient (Wildman–Crippen LogP) is 2.13. The maximum absolute atomic E-state index is 13.5. The zero-order valence-corrected chi connectivity index (χ0v) is 17.5. The Morgan fingerprint density at radius 3 is 2.33 bits per heavy atom. The minimum absolute atomic E-state index is 0.266. The van der Waals surface area contributed by atoms with E-state index in [-0.39, 0.29) is 12.5 Å². The number of piperidine rings is 1. The number of amides is 4. The summed E-state index contributed by atoms with van der Waals surface area (Å²) in [5, 5.41) is 4.79. The molecule has 1 atom stereocenters. The van der Waals surface area contributed by atoms with Crippen LogP contribution in [0.3, 0.4) is 0 Å². The van der Waals surface area contributed by atoms with Crippen LogP contribution in [0.2, 0.25) is 0 Å². The topological polar surface area (TPSA) is 78.8 Å². The van der Waals surface area contributed by atoms with E-state index in [4.69, 9.17) is 5.10 Å². The number of nitrogens with zero attached hydrogens (tertiary/aromatic N) is 5. The average Bonchev–Trinajstić information content (AvgIpc) is 3.12. The van der Waals surface area contributed by atoms with Crippen molar-refractivity contribution >= 4 is 23.7 Å². The molecular weight excluding hydrogens is 382 g/mol. The Morgan fingerprint density at radius 2 is 1.67 bits per heavy atom. The first kappa shape index (κ1) is 18.8. The molecule has 8 nitrogen and oxygen atoms in total. The Bertz CT molecular complexity index is 1040. The molecule has 3 aliphatic heterocycles. The molecule has 30 heavy (non-hydrogen) atoms. The minimum atomic E-state index is -1.29. The molecule has 2 saturated heterocycles. The van der Waals surface area contributed by atoms with E-state index in [1.807, 2.05) is 41.9 Å². The number of para-hydroxylation sites is 1. The predicted molar refractivity (Wildman–Crippen MR) is 110 cm³/mol. The number of hydrogen-bond acceptors (Lipinski definition) is 5. The lowest BCUT2D eigenvalue weighted by molar-refractivity contribution is -0.159. The third-order valence-electron chi connectivity index (χ3n) is 6.90. The van der Waals surface area contributed by atoms with Crippen LogP contribution in [0.15, 0.2) is 30.3 Å². The molecule has 1 aromatic heterocycles. The Labute approximate surface area is 175 Å². The summed E-state index contributed by atoms with van der Waals surface area (Å²) in [6.07, 6.45) is 2.92. The van der Waals surface area contributed by atoms with Gasteiger partial charge in [-0.25, -0.2) is 9.48 Å². The molecule has 1 aromatic carbocycles. The largest absolute Gasteiger partial charge is 0.352 e. The van der Waals surface area contributed by atoms with Gasteiger partial charge in [0.25, 0.3) is 0 Å². The van der Waals surface area contributed by atoms with Gasteiger partial charge in [0.05, 0.1) is 17.4 Å². The van der Waals surface area contributed by atoms with Crippen LogP contribution >= 0.6 is 0 Å². The molecule has 0 bridgehead atoms. The molecule has 0 N–H and O–H groups in total. The summed E-state index contributed by atoms with van der Waals surface area (Å²) in [5.41, 5.74) is 1.38. The fourth-order valence-corrected chi connectivity index (χ4v) is 5.42. The van der Waals surface area contributed by atoms with Crippen LogP contribution in [-0.2, 0) is 16.0 Å². The van der Waals surface area contributed by atoms with Crippen molar-refractivity contribution < 1.29 is 14.4 Å². The van der Waals surface area contributed by atoms with Gasteiger partial charge in [-0.1, -0.05) is 18.2 Å². The quantitative estimate of drug-likeness (QED) is 0.677. The first-order valence-electron chi connectivity index (χ1n) is 10.4. The molecule has 2 fully saturated rings. The standard InChI is InChI=1S/C22H25N5O3/c1-14-16-13-22(19(28)24(2)21(30)25(3)20(22)29)17-11-7-8-12-26(17)18(16)27(23-14)15-9-5-4-6-10-15/h4-6,9-10,17H,7-8,11-13H2,1-3H3/t17-/m0/s1. The molecule has 4 heterocycles.